The third kappa shape index (κ3) is 3.02. The van der Waals surface area contributed by atoms with Crippen LogP contribution in [0.5, 0.6) is 5.75 Å². The Bertz CT molecular complexity index is 1060. The minimum absolute atomic E-state index is 0.102. The first-order valence-corrected chi connectivity index (χ1v) is 8.16. The van der Waals surface area contributed by atoms with E-state index in [0.29, 0.717) is 22.4 Å². The van der Waals surface area contributed by atoms with E-state index in [1.54, 1.807) is 18.2 Å². The highest BCUT2D eigenvalue weighted by Gasteiger charge is 2.13. The lowest BCUT2D eigenvalue weighted by molar-refractivity contribution is 0.478. The zero-order chi connectivity index (χ0) is 17.4. The second-order valence-electron chi connectivity index (χ2n) is 5.76. The molecule has 4 aromatic rings. The number of hydrogen-bond acceptors (Lipinski definition) is 4. The van der Waals surface area contributed by atoms with Crippen molar-refractivity contribution < 1.29 is 5.11 Å². The van der Waals surface area contributed by atoms with Crippen LogP contribution < -0.4 is 5.32 Å². The smallest absolute Gasteiger partial charge is 0.163 e. The second-order valence-corrected chi connectivity index (χ2v) is 6.20. The summed E-state index contributed by atoms with van der Waals surface area (Å²) in [7, 11) is 0. The fourth-order valence-electron chi connectivity index (χ4n) is 2.69. The first-order chi connectivity index (χ1) is 12.1. The number of fused-ring (bicyclic) bond motifs is 1. The van der Waals surface area contributed by atoms with E-state index >= 15 is 0 Å². The maximum Gasteiger partial charge on any atom is 0.163 e. The van der Waals surface area contributed by atoms with Gasteiger partial charge in [0.25, 0.3) is 0 Å². The Kier molecular flexibility index (Phi) is 3.78. The number of phenols is 1. The van der Waals surface area contributed by atoms with Crippen LogP contribution in [0.1, 0.15) is 5.69 Å². The van der Waals surface area contributed by atoms with Gasteiger partial charge in [-0.1, -0.05) is 41.9 Å². The zero-order valence-corrected chi connectivity index (χ0v) is 14.2. The predicted octanol–water partition coefficient (Wildman–Crippen LogP) is 5.04. The van der Waals surface area contributed by atoms with Crippen molar-refractivity contribution in [3.05, 3.63) is 65.3 Å². The van der Waals surface area contributed by atoms with E-state index in [0.717, 1.165) is 22.3 Å². The summed E-state index contributed by atoms with van der Waals surface area (Å²) < 4.78 is 0. The molecule has 25 heavy (non-hydrogen) atoms. The Morgan fingerprint density at radius 1 is 1.04 bits per heavy atom. The van der Waals surface area contributed by atoms with Crippen molar-refractivity contribution >= 4 is 34.1 Å². The number of aromatic hydroxyl groups is 1. The molecule has 3 N–H and O–H groups in total. The van der Waals surface area contributed by atoms with E-state index in [-0.39, 0.29) is 5.75 Å². The number of rotatable bonds is 3. The van der Waals surface area contributed by atoms with E-state index in [9.17, 15) is 5.11 Å². The number of benzene rings is 2. The number of anilines is 2. The molecule has 0 saturated carbocycles. The Morgan fingerprint density at radius 3 is 2.64 bits per heavy atom. The molecule has 0 aliphatic heterocycles. The van der Waals surface area contributed by atoms with Gasteiger partial charge in [0, 0.05) is 16.3 Å². The maximum absolute atomic E-state index is 10.1. The van der Waals surface area contributed by atoms with Crippen LogP contribution in [0.15, 0.2) is 54.6 Å². The van der Waals surface area contributed by atoms with Crippen LogP contribution in [0.2, 0.25) is 5.02 Å². The van der Waals surface area contributed by atoms with Crippen LogP contribution in [0.3, 0.4) is 0 Å². The molecule has 2 aromatic heterocycles. The van der Waals surface area contributed by atoms with Crippen molar-refractivity contribution in [3.63, 3.8) is 0 Å². The molecular formula is C19H15ClN4O. The van der Waals surface area contributed by atoms with Crippen LogP contribution in [0.4, 0.5) is 11.5 Å². The van der Waals surface area contributed by atoms with Gasteiger partial charge in [0.2, 0.25) is 0 Å². The standard InChI is InChI=1S/C19H15ClN4O/c1-11-9-14-18(21-11)23-17(12-5-3-2-4-6-12)24-19(14)22-15-10-13(20)7-8-16(15)25/h2-10,25H,1H3,(H2,21,22,23,24). The normalized spacial score (nSPS) is 11.0. The highest BCUT2D eigenvalue weighted by atomic mass is 35.5. The van der Waals surface area contributed by atoms with Crippen LogP contribution in [-0.4, -0.2) is 20.1 Å². The molecule has 0 aliphatic carbocycles. The third-order valence-corrected chi connectivity index (χ3v) is 4.10. The lowest BCUT2D eigenvalue weighted by Crippen LogP contribution is -1.99. The van der Waals surface area contributed by atoms with Crippen LogP contribution in [-0.2, 0) is 0 Å². The molecule has 0 atom stereocenters. The first-order valence-electron chi connectivity index (χ1n) is 7.78. The Morgan fingerprint density at radius 2 is 1.84 bits per heavy atom. The van der Waals surface area contributed by atoms with E-state index < -0.39 is 0 Å². The van der Waals surface area contributed by atoms with Gasteiger partial charge in [0.1, 0.15) is 17.2 Å². The molecule has 0 radical (unpaired) electrons. The van der Waals surface area contributed by atoms with E-state index in [1.807, 2.05) is 43.3 Å². The van der Waals surface area contributed by atoms with E-state index in [4.69, 9.17) is 11.6 Å². The Hall–Kier alpha value is -3.05. The van der Waals surface area contributed by atoms with E-state index in [1.165, 1.54) is 0 Å². The lowest BCUT2D eigenvalue weighted by Gasteiger charge is -2.10. The fraction of sp³-hybridized carbons (Fsp3) is 0.0526. The lowest BCUT2D eigenvalue weighted by atomic mass is 10.2. The molecule has 0 amide bonds. The van der Waals surface area contributed by atoms with Crippen LogP contribution in [0, 0.1) is 6.92 Å². The monoisotopic (exact) mass is 350 g/mol. The van der Waals surface area contributed by atoms with Crippen molar-refractivity contribution in [2.24, 2.45) is 0 Å². The number of aromatic amines is 1. The summed E-state index contributed by atoms with van der Waals surface area (Å²) in [4.78, 5) is 12.5. The highest BCUT2D eigenvalue weighted by molar-refractivity contribution is 6.31. The summed E-state index contributed by atoms with van der Waals surface area (Å²) in [5.74, 6) is 1.30. The number of aromatic nitrogens is 3. The zero-order valence-electron chi connectivity index (χ0n) is 13.4. The van der Waals surface area contributed by atoms with Crippen molar-refractivity contribution in [2.45, 2.75) is 6.92 Å². The SMILES string of the molecule is Cc1cc2c(Nc3cc(Cl)ccc3O)nc(-c3ccccc3)nc2[nH]1. The van der Waals surface area contributed by atoms with Gasteiger partial charge in [-0.25, -0.2) is 9.97 Å². The Labute approximate surface area is 149 Å². The van der Waals surface area contributed by atoms with Gasteiger partial charge in [0.05, 0.1) is 11.1 Å². The number of halogens is 1. The van der Waals surface area contributed by atoms with Gasteiger partial charge in [0.15, 0.2) is 5.82 Å². The molecule has 0 fully saturated rings. The summed E-state index contributed by atoms with van der Waals surface area (Å²) >= 11 is 6.04. The van der Waals surface area contributed by atoms with Crippen molar-refractivity contribution in [2.75, 3.05) is 5.32 Å². The molecule has 0 aliphatic rings. The fourth-order valence-corrected chi connectivity index (χ4v) is 2.86. The van der Waals surface area contributed by atoms with E-state index in [2.05, 4.69) is 20.3 Å². The minimum atomic E-state index is 0.102. The van der Waals surface area contributed by atoms with Crippen LogP contribution in [0.25, 0.3) is 22.4 Å². The van der Waals surface area contributed by atoms with Gasteiger partial charge < -0.3 is 15.4 Å². The summed E-state index contributed by atoms with van der Waals surface area (Å²) in [6.07, 6.45) is 0. The summed E-state index contributed by atoms with van der Waals surface area (Å²) in [5.41, 5.74) is 3.11. The molecule has 124 valence electrons. The number of aryl methyl sites for hydroxylation is 1. The number of nitrogens with one attached hydrogen (secondary N) is 2. The van der Waals surface area contributed by atoms with Gasteiger partial charge in [-0.3, -0.25) is 0 Å². The number of phenolic OH excluding ortho intramolecular Hbond substituents is 1. The number of hydrogen-bond donors (Lipinski definition) is 3. The quantitative estimate of drug-likeness (QED) is 0.453. The van der Waals surface area contributed by atoms with Crippen molar-refractivity contribution in [1.82, 2.24) is 15.0 Å². The molecule has 6 heteroatoms. The molecule has 2 heterocycles. The van der Waals surface area contributed by atoms with Gasteiger partial charge >= 0.3 is 0 Å². The van der Waals surface area contributed by atoms with Gasteiger partial charge in [-0.05, 0) is 31.2 Å². The molecule has 0 unspecified atom stereocenters. The number of H-pyrrole nitrogens is 1. The molecule has 0 bridgehead atoms. The summed E-state index contributed by atoms with van der Waals surface area (Å²) in [6.45, 7) is 1.96. The highest BCUT2D eigenvalue weighted by Crippen LogP contribution is 2.32. The minimum Gasteiger partial charge on any atom is -0.506 e. The molecule has 0 spiro atoms. The average Bonchev–Trinajstić information content (AvgIpc) is 2.99. The maximum atomic E-state index is 10.1. The predicted molar refractivity (Wildman–Crippen MR) is 100 cm³/mol. The first kappa shape index (κ1) is 15.5. The van der Waals surface area contributed by atoms with Crippen molar-refractivity contribution in [3.8, 4) is 17.1 Å². The summed E-state index contributed by atoms with van der Waals surface area (Å²) in [5, 5.41) is 14.6. The Balaban J connectivity index is 1.88. The topological polar surface area (TPSA) is 73.8 Å². The average molecular weight is 351 g/mol. The largest absolute Gasteiger partial charge is 0.506 e. The molecule has 4 rings (SSSR count). The second kappa shape index (κ2) is 6.11. The third-order valence-electron chi connectivity index (χ3n) is 3.87. The van der Waals surface area contributed by atoms with Crippen LogP contribution >= 0.6 is 11.6 Å². The molecular weight excluding hydrogens is 336 g/mol. The van der Waals surface area contributed by atoms with Gasteiger partial charge in [-0.15, -0.1) is 0 Å². The van der Waals surface area contributed by atoms with Gasteiger partial charge in [-0.2, -0.15) is 0 Å². The summed E-state index contributed by atoms with van der Waals surface area (Å²) in [6, 6.07) is 16.5. The molecule has 2 aromatic carbocycles. The van der Waals surface area contributed by atoms with Crippen molar-refractivity contribution in [1.29, 1.82) is 0 Å². The molecule has 0 saturated heterocycles. The number of nitrogens with zero attached hydrogens (tertiary/aromatic N) is 2. The molecule has 5 nitrogen and oxygen atoms in total.